The third-order valence-corrected chi connectivity index (χ3v) is 2.96. The van der Waals surface area contributed by atoms with Gasteiger partial charge in [-0.3, -0.25) is 0 Å². The molecule has 0 bridgehead atoms. The van der Waals surface area contributed by atoms with E-state index in [2.05, 4.69) is 23.1 Å². The number of aryl methyl sites for hydroxylation is 1. The van der Waals surface area contributed by atoms with Gasteiger partial charge in [0.05, 0.1) is 13.2 Å². The summed E-state index contributed by atoms with van der Waals surface area (Å²) in [6, 6.07) is 8.71. The van der Waals surface area contributed by atoms with Gasteiger partial charge in [0.25, 0.3) is 0 Å². The highest BCUT2D eigenvalue weighted by Gasteiger charge is 2.14. The molecule has 1 aromatic rings. The molecule has 0 fully saturated rings. The molecule has 0 spiro atoms. The topological polar surface area (TPSA) is 36.3 Å². The molecule has 0 aliphatic carbocycles. The Morgan fingerprint density at radius 1 is 1.41 bits per heavy atom. The summed E-state index contributed by atoms with van der Waals surface area (Å²) < 4.78 is 5.26. The highest BCUT2D eigenvalue weighted by molar-refractivity contribution is 5.37. The maximum Gasteiger partial charge on any atom is 0.121 e. The lowest BCUT2D eigenvalue weighted by Gasteiger charge is -2.24. The predicted octanol–water partition coefficient (Wildman–Crippen LogP) is 2.91. The van der Waals surface area contributed by atoms with Crippen molar-refractivity contribution < 1.29 is 4.74 Å². The van der Waals surface area contributed by atoms with Gasteiger partial charge in [-0.25, -0.2) is 0 Å². The third-order valence-electron chi connectivity index (χ3n) is 2.96. The van der Waals surface area contributed by atoms with Crippen LogP contribution in [0.4, 0.5) is 0 Å². The fourth-order valence-electron chi connectivity index (χ4n) is 2.03. The summed E-state index contributed by atoms with van der Waals surface area (Å²) in [6.07, 6.45) is 1.43. The number of benzene rings is 1. The maximum absolute atomic E-state index is 8.69. The molecule has 17 heavy (non-hydrogen) atoms. The monoisotopic (exact) mass is 232 g/mol. The second-order valence-corrected chi connectivity index (χ2v) is 4.41. The van der Waals surface area contributed by atoms with Crippen LogP contribution < -0.4 is 4.74 Å². The van der Waals surface area contributed by atoms with E-state index < -0.39 is 0 Å². The average Bonchev–Trinajstić information content (AvgIpc) is 2.29. The van der Waals surface area contributed by atoms with E-state index in [4.69, 9.17) is 10.00 Å². The molecule has 1 atom stereocenters. The van der Waals surface area contributed by atoms with Gasteiger partial charge in [-0.15, -0.1) is 0 Å². The van der Waals surface area contributed by atoms with Crippen LogP contribution in [0.5, 0.6) is 5.75 Å². The van der Waals surface area contributed by atoms with E-state index in [1.54, 1.807) is 7.11 Å². The Morgan fingerprint density at radius 3 is 2.59 bits per heavy atom. The van der Waals surface area contributed by atoms with E-state index in [0.717, 1.165) is 17.7 Å². The first-order valence-electron chi connectivity index (χ1n) is 5.78. The van der Waals surface area contributed by atoms with Crippen molar-refractivity contribution >= 4 is 0 Å². The Bertz CT molecular complexity index is 407. The zero-order chi connectivity index (χ0) is 12.8. The van der Waals surface area contributed by atoms with Crippen LogP contribution in [0, 0.1) is 18.3 Å². The van der Waals surface area contributed by atoms with Crippen LogP contribution in [0.15, 0.2) is 18.2 Å². The fraction of sp³-hybridized carbons (Fsp3) is 0.500. The molecular weight excluding hydrogens is 212 g/mol. The Labute approximate surface area is 104 Å². The van der Waals surface area contributed by atoms with Crippen LogP contribution in [0.3, 0.4) is 0 Å². The van der Waals surface area contributed by atoms with Gasteiger partial charge < -0.3 is 9.64 Å². The molecule has 0 saturated carbocycles. The number of methoxy groups -OCH3 is 1. The number of nitriles is 1. The zero-order valence-corrected chi connectivity index (χ0v) is 11.0. The summed E-state index contributed by atoms with van der Waals surface area (Å²) in [7, 11) is 5.77. The molecule has 92 valence electrons. The molecule has 0 aliphatic rings. The quantitative estimate of drug-likeness (QED) is 0.783. The minimum Gasteiger partial charge on any atom is -0.496 e. The molecule has 0 saturated heterocycles. The lowest BCUT2D eigenvalue weighted by molar-refractivity contribution is 0.285. The first-order chi connectivity index (χ1) is 8.10. The molecule has 0 heterocycles. The molecule has 0 radical (unpaired) electrons. The van der Waals surface area contributed by atoms with E-state index >= 15 is 0 Å². The van der Waals surface area contributed by atoms with Gasteiger partial charge in [0.1, 0.15) is 5.75 Å². The highest BCUT2D eigenvalue weighted by atomic mass is 16.5. The van der Waals surface area contributed by atoms with Gasteiger partial charge in [-0.2, -0.15) is 5.26 Å². The minimum absolute atomic E-state index is 0.291. The minimum atomic E-state index is 0.291. The maximum atomic E-state index is 8.69. The lowest BCUT2D eigenvalue weighted by atomic mass is 9.99. The second kappa shape index (κ2) is 6.27. The molecule has 3 nitrogen and oxygen atoms in total. The Balaban J connectivity index is 2.95. The van der Waals surface area contributed by atoms with Gasteiger partial charge in [0, 0.05) is 12.5 Å². The van der Waals surface area contributed by atoms with Gasteiger partial charge in [0.15, 0.2) is 0 Å². The molecule has 1 aromatic carbocycles. The van der Waals surface area contributed by atoms with Crippen LogP contribution in [-0.4, -0.2) is 26.1 Å². The highest BCUT2D eigenvalue weighted by Crippen LogP contribution is 2.27. The van der Waals surface area contributed by atoms with Crippen molar-refractivity contribution in [2.24, 2.45) is 0 Å². The van der Waals surface area contributed by atoms with Gasteiger partial charge in [-0.05, 0) is 44.6 Å². The fourth-order valence-corrected chi connectivity index (χ4v) is 2.03. The van der Waals surface area contributed by atoms with Crippen molar-refractivity contribution in [3.63, 3.8) is 0 Å². The summed E-state index contributed by atoms with van der Waals surface area (Å²) >= 11 is 0. The molecule has 0 aromatic heterocycles. The number of hydrogen-bond donors (Lipinski definition) is 0. The third kappa shape index (κ3) is 3.47. The Kier molecular flexibility index (Phi) is 4.99. The van der Waals surface area contributed by atoms with Crippen LogP contribution in [0.2, 0.25) is 0 Å². The van der Waals surface area contributed by atoms with Crippen molar-refractivity contribution in [2.45, 2.75) is 25.8 Å². The van der Waals surface area contributed by atoms with Gasteiger partial charge in [0.2, 0.25) is 0 Å². The molecule has 0 aliphatic heterocycles. The SMILES string of the molecule is COc1ccc(C(CCC#N)N(C)C)cc1C. The summed E-state index contributed by atoms with van der Waals surface area (Å²) in [5.41, 5.74) is 2.37. The van der Waals surface area contributed by atoms with Crippen molar-refractivity contribution in [3.8, 4) is 11.8 Å². The number of rotatable bonds is 5. The Hall–Kier alpha value is -1.53. The van der Waals surface area contributed by atoms with E-state index in [-0.39, 0.29) is 0 Å². The smallest absolute Gasteiger partial charge is 0.121 e. The second-order valence-electron chi connectivity index (χ2n) is 4.41. The normalized spacial score (nSPS) is 12.2. The first-order valence-corrected chi connectivity index (χ1v) is 5.78. The van der Waals surface area contributed by atoms with Crippen LogP contribution in [0.25, 0.3) is 0 Å². The van der Waals surface area contributed by atoms with Crippen molar-refractivity contribution in [1.82, 2.24) is 4.90 Å². The molecular formula is C14H20N2O. The van der Waals surface area contributed by atoms with Crippen LogP contribution in [-0.2, 0) is 0 Å². The Morgan fingerprint density at radius 2 is 2.12 bits per heavy atom. The molecule has 1 unspecified atom stereocenters. The summed E-state index contributed by atoms with van der Waals surface area (Å²) in [4.78, 5) is 2.15. The molecule has 0 N–H and O–H groups in total. The summed E-state index contributed by atoms with van der Waals surface area (Å²) in [5.74, 6) is 0.909. The van der Waals surface area contributed by atoms with E-state index in [9.17, 15) is 0 Å². The summed E-state index contributed by atoms with van der Waals surface area (Å²) in [6.45, 7) is 2.04. The lowest BCUT2D eigenvalue weighted by Crippen LogP contribution is -2.20. The van der Waals surface area contributed by atoms with Gasteiger partial charge in [-0.1, -0.05) is 12.1 Å². The van der Waals surface area contributed by atoms with E-state index in [0.29, 0.717) is 12.5 Å². The largest absolute Gasteiger partial charge is 0.496 e. The van der Waals surface area contributed by atoms with Crippen molar-refractivity contribution in [3.05, 3.63) is 29.3 Å². The van der Waals surface area contributed by atoms with E-state index in [1.165, 1.54) is 5.56 Å². The van der Waals surface area contributed by atoms with Crippen molar-refractivity contribution in [1.29, 1.82) is 5.26 Å². The van der Waals surface area contributed by atoms with Gasteiger partial charge >= 0.3 is 0 Å². The van der Waals surface area contributed by atoms with E-state index in [1.807, 2.05) is 27.1 Å². The van der Waals surface area contributed by atoms with Crippen LogP contribution in [0.1, 0.15) is 30.0 Å². The molecule has 3 heteroatoms. The van der Waals surface area contributed by atoms with Crippen LogP contribution >= 0.6 is 0 Å². The summed E-state index contributed by atoms with van der Waals surface area (Å²) in [5, 5.41) is 8.69. The number of ether oxygens (including phenoxy) is 1. The molecule has 1 rings (SSSR count). The number of hydrogen-bond acceptors (Lipinski definition) is 3. The zero-order valence-electron chi connectivity index (χ0n) is 11.0. The predicted molar refractivity (Wildman–Crippen MR) is 69.0 cm³/mol. The van der Waals surface area contributed by atoms with Crippen molar-refractivity contribution in [2.75, 3.05) is 21.2 Å². The molecule has 0 amide bonds. The standard InChI is InChI=1S/C14H20N2O/c1-11-10-12(7-8-14(11)17-4)13(16(2)3)6-5-9-15/h7-8,10,13H,5-6H2,1-4H3. The first kappa shape index (κ1) is 13.5. The number of nitrogens with zero attached hydrogens (tertiary/aromatic N) is 2. The average molecular weight is 232 g/mol.